The Morgan fingerprint density at radius 2 is 0.583 bits per heavy atom. The van der Waals surface area contributed by atoms with Crippen molar-refractivity contribution in [3.8, 4) is 11.5 Å². The number of hydrogen-bond acceptors (Lipinski definition) is 4. The molecule has 0 saturated heterocycles. The maximum Gasteiger partial charge on any atom is 0.119 e. The highest BCUT2D eigenvalue weighted by Gasteiger charge is 2.16. The Bertz CT molecular complexity index is 1280. The zero-order valence-corrected chi connectivity index (χ0v) is 20.4. The molecule has 0 heterocycles. The number of ether oxygens (including phenoxy) is 2. The Morgan fingerprint density at radius 1 is 0.333 bits per heavy atom. The first-order valence-electron chi connectivity index (χ1n) is 11.9. The molecule has 0 aliphatic carbocycles. The fourth-order valence-corrected chi connectivity index (χ4v) is 4.26. The van der Waals surface area contributed by atoms with Gasteiger partial charge in [0.1, 0.15) is 11.5 Å². The minimum atomic E-state index is 0.824. The third-order valence-electron chi connectivity index (χ3n) is 6.06. The van der Waals surface area contributed by atoms with Crippen LogP contribution in [0.15, 0.2) is 133 Å². The number of hydrogen-bond donors (Lipinski definition) is 0. The second-order valence-corrected chi connectivity index (χ2v) is 8.25. The van der Waals surface area contributed by atoms with Crippen LogP contribution in [0.5, 0.6) is 11.5 Å². The number of benzene rings is 5. The summed E-state index contributed by atoms with van der Waals surface area (Å²) in [7, 11) is 3.36. The molecule has 0 aliphatic heterocycles. The van der Waals surface area contributed by atoms with Gasteiger partial charge in [0.2, 0.25) is 0 Å². The molecule has 178 valence electrons. The molecule has 5 rings (SSSR count). The molecule has 0 radical (unpaired) electrons. The molecule has 0 bridgehead atoms. The van der Waals surface area contributed by atoms with Gasteiger partial charge in [-0.3, -0.25) is 0 Å². The highest BCUT2D eigenvalue weighted by molar-refractivity contribution is 5.81. The van der Waals surface area contributed by atoms with Gasteiger partial charge in [0, 0.05) is 34.1 Å². The van der Waals surface area contributed by atoms with Gasteiger partial charge < -0.3 is 19.3 Å². The van der Waals surface area contributed by atoms with Crippen LogP contribution in [-0.2, 0) is 0 Å². The fourth-order valence-electron chi connectivity index (χ4n) is 4.26. The average Bonchev–Trinajstić information content (AvgIpc) is 2.96. The molecule has 0 aromatic heterocycles. The third kappa shape index (κ3) is 4.89. The quantitative estimate of drug-likeness (QED) is 0.226. The topological polar surface area (TPSA) is 24.9 Å². The molecule has 0 N–H and O–H groups in total. The first-order valence-corrected chi connectivity index (χ1v) is 11.9. The molecule has 0 fully saturated rings. The molecule has 0 unspecified atom stereocenters. The summed E-state index contributed by atoms with van der Waals surface area (Å²) in [4.78, 5) is 4.48. The SMILES string of the molecule is COc1ccc(N(c2ccc(OC)cc2)c2ccc(N(c3ccccc3)c3ccccc3)cc2)cc1. The van der Waals surface area contributed by atoms with Crippen molar-refractivity contribution in [2.75, 3.05) is 24.0 Å². The highest BCUT2D eigenvalue weighted by atomic mass is 16.5. The number of rotatable bonds is 8. The Hall–Kier alpha value is -4.70. The minimum Gasteiger partial charge on any atom is -0.497 e. The lowest BCUT2D eigenvalue weighted by molar-refractivity contribution is 0.415. The van der Waals surface area contributed by atoms with Crippen LogP contribution < -0.4 is 19.3 Å². The smallest absolute Gasteiger partial charge is 0.119 e. The van der Waals surface area contributed by atoms with Gasteiger partial charge in [0.15, 0.2) is 0 Å². The summed E-state index contributed by atoms with van der Waals surface area (Å²) in [5.74, 6) is 1.65. The summed E-state index contributed by atoms with van der Waals surface area (Å²) >= 11 is 0. The van der Waals surface area contributed by atoms with Crippen molar-refractivity contribution in [2.24, 2.45) is 0 Å². The monoisotopic (exact) mass is 472 g/mol. The Labute approximate surface area is 212 Å². The van der Waals surface area contributed by atoms with Crippen LogP contribution in [0, 0.1) is 0 Å². The van der Waals surface area contributed by atoms with E-state index in [-0.39, 0.29) is 0 Å². The van der Waals surface area contributed by atoms with Crippen LogP contribution in [0.3, 0.4) is 0 Å². The van der Waals surface area contributed by atoms with Gasteiger partial charge in [-0.15, -0.1) is 0 Å². The molecule has 4 heteroatoms. The van der Waals surface area contributed by atoms with Gasteiger partial charge in [0.25, 0.3) is 0 Å². The van der Waals surface area contributed by atoms with Crippen LogP contribution in [0.2, 0.25) is 0 Å². The molecule has 0 amide bonds. The maximum atomic E-state index is 5.38. The summed E-state index contributed by atoms with van der Waals surface area (Å²) in [6.45, 7) is 0. The molecule has 5 aromatic rings. The molecule has 0 atom stereocenters. The van der Waals surface area contributed by atoms with Crippen LogP contribution in [0.25, 0.3) is 0 Å². The molecule has 36 heavy (non-hydrogen) atoms. The molecular formula is C32H28N2O2. The lowest BCUT2D eigenvalue weighted by Crippen LogP contribution is -2.12. The van der Waals surface area contributed by atoms with Crippen LogP contribution >= 0.6 is 0 Å². The van der Waals surface area contributed by atoms with E-state index in [1.165, 1.54) is 0 Å². The molecule has 0 spiro atoms. The van der Waals surface area contributed by atoms with E-state index >= 15 is 0 Å². The summed E-state index contributed by atoms with van der Waals surface area (Å²) in [5.41, 5.74) is 6.43. The first kappa shape index (κ1) is 23.1. The average molecular weight is 473 g/mol. The highest BCUT2D eigenvalue weighted by Crippen LogP contribution is 2.39. The molecule has 0 saturated carbocycles. The second kappa shape index (κ2) is 10.7. The lowest BCUT2D eigenvalue weighted by atomic mass is 10.1. The van der Waals surface area contributed by atoms with E-state index in [1.807, 2.05) is 36.4 Å². The van der Waals surface area contributed by atoms with Crippen LogP contribution in [0.4, 0.5) is 34.1 Å². The predicted octanol–water partition coefficient (Wildman–Crippen LogP) is 8.64. The maximum absolute atomic E-state index is 5.38. The predicted molar refractivity (Wildman–Crippen MR) is 149 cm³/mol. The van der Waals surface area contributed by atoms with E-state index in [0.29, 0.717) is 0 Å². The lowest BCUT2D eigenvalue weighted by Gasteiger charge is -2.28. The van der Waals surface area contributed by atoms with E-state index in [0.717, 1.165) is 45.6 Å². The van der Waals surface area contributed by atoms with Crippen molar-refractivity contribution >= 4 is 34.1 Å². The first-order chi connectivity index (χ1) is 17.8. The van der Waals surface area contributed by atoms with Crippen molar-refractivity contribution in [3.63, 3.8) is 0 Å². The van der Waals surface area contributed by atoms with Crippen molar-refractivity contribution in [1.29, 1.82) is 0 Å². The van der Waals surface area contributed by atoms with Gasteiger partial charge in [-0.25, -0.2) is 0 Å². The van der Waals surface area contributed by atoms with Gasteiger partial charge in [-0.05, 0) is 97.1 Å². The van der Waals surface area contributed by atoms with Crippen molar-refractivity contribution in [2.45, 2.75) is 0 Å². The van der Waals surface area contributed by atoms with E-state index < -0.39 is 0 Å². The van der Waals surface area contributed by atoms with Crippen LogP contribution in [0.1, 0.15) is 0 Å². The van der Waals surface area contributed by atoms with Gasteiger partial charge in [0.05, 0.1) is 14.2 Å². The summed E-state index contributed by atoms with van der Waals surface area (Å²) in [6, 6.07) is 45.7. The van der Waals surface area contributed by atoms with E-state index in [9.17, 15) is 0 Å². The van der Waals surface area contributed by atoms with Gasteiger partial charge >= 0.3 is 0 Å². The van der Waals surface area contributed by atoms with Gasteiger partial charge in [-0.2, -0.15) is 0 Å². The Balaban J connectivity index is 1.56. The van der Waals surface area contributed by atoms with Gasteiger partial charge in [-0.1, -0.05) is 36.4 Å². The number of methoxy groups -OCH3 is 2. The van der Waals surface area contributed by atoms with Crippen molar-refractivity contribution in [1.82, 2.24) is 0 Å². The summed E-state index contributed by atoms with van der Waals surface area (Å²) < 4.78 is 10.8. The Kier molecular flexibility index (Phi) is 6.86. The number of anilines is 6. The largest absolute Gasteiger partial charge is 0.497 e. The minimum absolute atomic E-state index is 0.824. The third-order valence-corrected chi connectivity index (χ3v) is 6.06. The Morgan fingerprint density at radius 3 is 0.861 bits per heavy atom. The normalized spacial score (nSPS) is 10.5. The van der Waals surface area contributed by atoms with Crippen LogP contribution in [-0.4, -0.2) is 14.2 Å². The number of para-hydroxylation sites is 2. The summed E-state index contributed by atoms with van der Waals surface area (Å²) in [6.07, 6.45) is 0. The van der Waals surface area contributed by atoms with Crippen molar-refractivity contribution in [3.05, 3.63) is 133 Å². The zero-order chi connectivity index (χ0) is 24.7. The van der Waals surface area contributed by atoms with E-state index in [2.05, 4.69) is 107 Å². The standard InChI is InChI=1S/C32H28N2O2/c1-35-31-21-17-29(18-22-31)34(30-19-23-32(36-2)24-20-30)28-15-13-27(14-16-28)33(25-9-5-3-6-10-25)26-11-7-4-8-12-26/h3-24H,1-2H3. The molecule has 5 aromatic carbocycles. The van der Waals surface area contributed by atoms with E-state index in [1.54, 1.807) is 14.2 Å². The summed E-state index contributed by atoms with van der Waals surface area (Å²) in [5, 5.41) is 0. The molecule has 4 nitrogen and oxygen atoms in total. The van der Waals surface area contributed by atoms with Crippen molar-refractivity contribution < 1.29 is 9.47 Å². The fraction of sp³-hybridized carbons (Fsp3) is 0.0625. The van der Waals surface area contributed by atoms with E-state index in [4.69, 9.17) is 9.47 Å². The molecule has 0 aliphatic rings. The molecular weight excluding hydrogens is 444 g/mol. The number of nitrogens with zero attached hydrogens (tertiary/aromatic N) is 2. The second-order valence-electron chi connectivity index (χ2n) is 8.25. The zero-order valence-electron chi connectivity index (χ0n) is 20.4.